The molecule has 0 aliphatic heterocycles. The van der Waals surface area contributed by atoms with Crippen LogP contribution in [0.1, 0.15) is 26.3 Å². The Bertz CT molecular complexity index is 404. The van der Waals surface area contributed by atoms with E-state index in [0.717, 1.165) is 11.3 Å². The van der Waals surface area contributed by atoms with Gasteiger partial charge in [-0.1, -0.05) is 17.7 Å². The maximum Gasteiger partial charge on any atom is 0.242 e. The number of halogens is 1. The van der Waals surface area contributed by atoms with E-state index in [-0.39, 0.29) is 18.0 Å². The molecule has 0 fully saturated rings. The Morgan fingerprint density at radius 3 is 2.47 bits per heavy atom. The van der Waals surface area contributed by atoms with E-state index in [9.17, 15) is 4.79 Å². The van der Waals surface area contributed by atoms with E-state index in [2.05, 4.69) is 10.6 Å². The van der Waals surface area contributed by atoms with Crippen molar-refractivity contribution in [3.8, 4) is 0 Å². The van der Waals surface area contributed by atoms with Crippen molar-refractivity contribution in [2.75, 3.05) is 5.32 Å². The summed E-state index contributed by atoms with van der Waals surface area (Å²) in [6, 6.07) is 5.54. The highest BCUT2D eigenvalue weighted by Gasteiger charge is 2.13. The topological polar surface area (TPSA) is 41.1 Å². The van der Waals surface area contributed by atoms with Crippen LogP contribution in [0.25, 0.3) is 0 Å². The second kappa shape index (κ2) is 5.92. The fourth-order valence-electron chi connectivity index (χ4n) is 1.41. The summed E-state index contributed by atoms with van der Waals surface area (Å²) in [4.78, 5) is 11.7. The van der Waals surface area contributed by atoms with E-state index in [4.69, 9.17) is 11.6 Å². The Labute approximate surface area is 108 Å². The number of hydrogen-bond acceptors (Lipinski definition) is 2. The second-order valence-corrected chi connectivity index (χ2v) is 4.90. The smallest absolute Gasteiger partial charge is 0.242 e. The summed E-state index contributed by atoms with van der Waals surface area (Å²) in [5.74, 6) is -0.0169. The van der Waals surface area contributed by atoms with Gasteiger partial charge in [-0.05, 0) is 45.4 Å². The predicted octanol–water partition coefficient (Wildman–Crippen LogP) is 2.97. The van der Waals surface area contributed by atoms with Gasteiger partial charge in [0.2, 0.25) is 5.91 Å². The molecule has 0 radical (unpaired) electrons. The van der Waals surface area contributed by atoms with Crippen LogP contribution in [0.15, 0.2) is 18.2 Å². The number of carbonyl (C=O) groups excluding carboxylic acids is 1. The zero-order valence-electron chi connectivity index (χ0n) is 10.7. The van der Waals surface area contributed by atoms with Crippen molar-refractivity contribution in [1.82, 2.24) is 5.32 Å². The standard InChI is InChI=1S/C13H19ClN2O/c1-8(2)15-13(17)10(4)16-11-6-5-9(3)12(14)7-11/h5-8,10,16H,1-4H3,(H,15,17). The fraction of sp³-hybridized carbons (Fsp3) is 0.462. The van der Waals surface area contributed by atoms with Gasteiger partial charge in [0.15, 0.2) is 0 Å². The summed E-state index contributed by atoms with van der Waals surface area (Å²) >= 11 is 6.02. The molecule has 1 aromatic rings. The number of amides is 1. The average molecular weight is 255 g/mol. The van der Waals surface area contributed by atoms with Crippen molar-refractivity contribution in [2.24, 2.45) is 0 Å². The van der Waals surface area contributed by atoms with Crippen molar-refractivity contribution < 1.29 is 4.79 Å². The van der Waals surface area contributed by atoms with Gasteiger partial charge >= 0.3 is 0 Å². The van der Waals surface area contributed by atoms with Crippen molar-refractivity contribution in [3.63, 3.8) is 0 Å². The molecule has 1 aromatic carbocycles. The zero-order chi connectivity index (χ0) is 13.0. The molecule has 0 bridgehead atoms. The van der Waals surface area contributed by atoms with Crippen molar-refractivity contribution >= 4 is 23.2 Å². The van der Waals surface area contributed by atoms with Crippen molar-refractivity contribution in [2.45, 2.75) is 39.8 Å². The van der Waals surface area contributed by atoms with Crippen molar-refractivity contribution in [3.05, 3.63) is 28.8 Å². The van der Waals surface area contributed by atoms with Gasteiger partial charge in [0, 0.05) is 16.8 Å². The quantitative estimate of drug-likeness (QED) is 0.867. The van der Waals surface area contributed by atoms with Gasteiger partial charge in [-0.2, -0.15) is 0 Å². The Morgan fingerprint density at radius 2 is 1.94 bits per heavy atom. The predicted molar refractivity (Wildman–Crippen MR) is 72.6 cm³/mol. The van der Waals surface area contributed by atoms with Gasteiger partial charge in [-0.15, -0.1) is 0 Å². The third-order valence-corrected chi connectivity index (χ3v) is 2.79. The first-order valence-electron chi connectivity index (χ1n) is 5.73. The number of hydrogen-bond donors (Lipinski definition) is 2. The molecule has 2 N–H and O–H groups in total. The molecule has 0 aromatic heterocycles. The molecule has 3 nitrogen and oxygen atoms in total. The SMILES string of the molecule is Cc1ccc(NC(C)C(=O)NC(C)C)cc1Cl. The van der Waals surface area contributed by atoms with Crippen LogP contribution in [-0.2, 0) is 4.79 Å². The lowest BCUT2D eigenvalue weighted by Gasteiger charge is -2.17. The van der Waals surface area contributed by atoms with Gasteiger partial charge in [0.05, 0.1) is 0 Å². The summed E-state index contributed by atoms with van der Waals surface area (Å²) < 4.78 is 0. The highest BCUT2D eigenvalue weighted by molar-refractivity contribution is 6.31. The van der Waals surface area contributed by atoms with Gasteiger partial charge in [-0.3, -0.25) is 4.79 Å². The highest BCUT2D eigenvalue weighted by Crippen LogP contribution is 2.20. The van der Waals surface area contributed by atoms with Crippen LogP contribution in [0.2, 0.25) is 5.02 Å². The van der Waals surface area contributed by atoms with Crippen LogP contribution >= 0.6 is 11.6 Å². The molecule has 0 aliphatic rings. The Kier molecular flexibility index (Phi) is 4.82. The lowest BCUT2D eigenvalue weighted by Crippen LogP contribution is -2.40. The number of aryl methyl sites for hydroxylation is 1. The van der Waals surface area contributed by atoms with E-state index in [1.165, 1.54) is 0 Å². The van der Waals surface area contributed by atoms with Gasteiger partial charge in [0.25, 0.3) is 0 Å². The molecule has 0 heterocycles. The summed E-state index contributed by atoms with van der Waals surface area (Å²) in [7, 11) is 0. The first kappa shape index (κ1) is 13.8. The summed E-state index contributed by atoms with van der Waals surface area (Å²) in [5.41, 5.74) is 1.88. The summed E-state index contributed by atoms with van der Waals surface area (Å²) in [6.45, 7) is 7.65. The Balaban J connectivity index is 2.64. The van der Waals surface area contributed by atoms with Gasteiger partial charge in [-0.25, -0.2) is 0 Å². The van der Waals surface area contributed by atoms with E-state index < -0.39 is 0 Å². The molecular formula is C13H19ClN2O. The van der Waals surface area contributed by atoms with E-state index in [0.29, 0.717) is 5.02 Å². The van der Waals surface area contributed by atoms with Crippen LogP contribution in [0.3, 0.4) is 0 Å². The molecule has 94 valence electrons. The fourth-order valence-corrected chi connectivity index (χ4v) is 1.59. The molecule has 0 aliphatic carbocycles. The van der Waals surface area contributed by atoms with Crippen LogP contribution in [-0.4, -0.2) is 18.0 Å². The maximum absolute atomic E-state index is 11.7. The van der Waals surface area contributed by atoms with Crippen LogP contribution < -0.4 is 10.6 Å². The molecular weight excluding hydrogens is 236 g/mol. The summed E-state index contributed by atoms with van der Waals surface area (Å²) in [5, 5.41) is 6.67. The monoisotopic (exact) mass is 254 g/mol. The molecule has 0 saturated heterocycles. The normalized spacial score (nSPS) is 12.4. The third kappa shape index (κ3) is 4.27. The van der Waals surface area contributed by atoms with Crippen molar-refractivity contribution in [1.29, 1.82) is 0 Å². The second-order valence-electron chi connectivity index (χ2n) is 4.49. The highest BCUT2D eigenvalue weighted by atomic mass is 35.5. The third-order valence-electron chi connectivity index (χ3n) is 2.38. The minimum atomic E-state index is -0.281. The Morgan fingerprint density at radius 1 is 1.29 bits per heavy atom. The van der Waals surface area contributed by atoms with Gasteiger partial charge in [0.1, 0.15) is 6.04 Å². The molecule has 17 heavy (non-hydrogen) atoms. The number of nitrogens with one attached hydrogen (secondary N) is 2. The first-order valence-corrected chi connectivity index (χ1v) is 6.11. The molecule has 0 spiro atoms. The number of carbonyl (C=O) groups is 1. The molecule has 1 unspecified atom stereocenters. The molecule has 4 heteroatoms. The lowest BCUT2D eigenvalue weighted by atomic mass is 10.2. The number of anilines is 1. The van der Waals surface area contributed by atoms with Crippen LogP contribution in [0.5, 0.6) is 0 Å². The summed E-state index contributed by atoms with van der Waals surface area (Å²) in [6.07, 6.45) is 0. The molecule has 1 atom stereocenters. The Hall–Kier alpha value is -1.22. The van der Waals surface area contributed by atoms with E-state index >= 15 is 0 Å². The largest absolute Gasteiger partial charge is 0.374 e. The van der Waals surface area contributed by atoms with E-state index in [1.54, 1.807) is 0 Å². The maximum atomic E-state index is 11.7. The average Bonchev–Trinajstić information content (AvgIpc) is 2.22. The van der Waals surface area contributed by atoms with Crippen LogP contribution in [0.4, 0.5) is 5.69 Å². The molecule has 1 amide bonds. The number of benzene rings is 1. The van der Waals surface area contributed by atoms with E-state index in [1.807, 2.05) is 45.9 Å². The van der Waals surface area contributed by atoms with Gasteiger partial charge < -0.3 is 10.6 Å². The number of rotatable bonds is 4. The first-order chi connectivity index (χ1) is 7.90. The molecule has 1 rings (SSSR count). The minimum Gasteiger partial charge on any atom is -0.374 e. The lowest BCUT2D eigenvalue weighted by molar-refractivity contribution is -0.122. The van der Waals surface area contributed by atoms with Crippen LogP contribution in [0, 0.1) is 6.92 Å². The zero-order valence-corrected chi connectivity index (χ0v) is 11.4. The molecule has 0 saturated carbocycles. The minimum absolute atomic E-state index is 0.0169.